The third-order valence-corrected chi connectivity index (χ3v) is 2.25. The van der Waals surface area contributed by atoms with Crippen LogP contribution in [0.25, 0.3) is 0 Å². The Balaban J connectivity index is 2.72. The fourth-order valence-corrected chi connectivity index (χ4v) is 1.57. The van der Waals surface area contributed by atoms with Crippen LogP contribution in [0.15, 0.2) is 16.7 Å². The molecule has 0 aliphatic heterocycles. The van der Waals surface area contributed by atoms with Gasteiger partial charge < -0.3 is 5.32 Å². The van der Waals surface area contributed by atoms with Crippen LogP contribution in [0.2, 0.25) is 0 Å². The molecule has 0 radical (unpaired) electrons. The monoisotopic (exact) mass is 276 g/mol. The highest BCUT2D eigenvalue weighted by molar-refractivity contribution is 9.10. The average Bonchev–Trinajstić information content (AvgIpc) is 2.10. The Kier molecular flexibility index (Phi) is 4.35. The molecule has 3 nitrogen and oxygen atoms in total. The number of anilines is 1. The van der Waals surface area contributed by atoms with Gasteiger partial charge in [-0.1, -0.05) is 0 Å². The molecule has 1 N–H and O–H groups in total. The van der Waals surface area contributed by atoms with Gasteiger partial charge in [-0.15, -0.1) is 11.6 Å². The highest BCUT2D eigenvalue weighted by Crippen LogP contribution is 2.16. The Morgan fingerprint density at radius 3 is 3.00 bits per heavy atom. The first-order valence-corrected chi connectivity index (χ1v) is 5.44. The highest BCUT2D eigenvalue weighted by Gasteiger charge is 2.05. The molecule has 14 heavy (non-hydrogen) atoms. The number of rotatable bonds is 3. The van der Waals surface area contributed by atoms with Gasteiger partial charge in [0.25, 0.3) is 0 Å². The molecule has 76 valence electrons. The van der Waals surface area contributed by atoms with E-state index in [1.165, 1.54) is 0 Å². The fourth-order valence-electron chi connectivity index (χ4n) is 0.952. The Labute approximate surface area is 96.0 Å². The summed E-state index contributed by atoms with van der Waals surface area (Å²) in [6.07, 6.45) is 1.95. The standard InChI is InChI=1S/C9H10BrClN2O/c1-6-4-7(10)5-12-9(6)13-8(14)2-3-11/h4-5H,2-3H2,1H3,(H,12,13,14). The number of aryl methyl sites for hydroxylation is 1. The summed E-state index contributed by atoms with van der Waals surface area (Å²) in [5, 5.41) is 2.68. The smallest absolute Gasteiger partial charge is 0.226 e. The molecule has 1 amide bonds. The molecule has 0 saturated carbocycles. The molecule has 0 spiro atoms. The van der Waals surface area contributed by atoms with Gasteiger partial charge in [0.2, 0.25) is 5.91 Å². The largest absolute Gasteiger partial charge is 0.310 e. The molecular formula is C9H10BrClN2O. The zero-order valence-corrected chi connectivity index (χ0v) is 10.0. The van der Waals surface area contributed by atoms with Gasteiger partial charge in [0.15, 0.2) is 0 Å². The van der Waals surface area contributed by atoms with Gasteiger partial charge in [-0.2, -0.15) is 0 Å². The predicted molar refractivity (Wildman–Crippen MR) is 60.6 cm³/mol. The third kappa shape index (κ3) is 3.27. The first-order chi connectivity index (χ1) is 6.63. The van der Waals surface area contributed by atoms with Crippen molar-refractivity contribution in [2.75, 3.05) is 11.2 Å². The minimum absolute atomic E-state index is 0.113. The Bertz CT molecular complexity index is 344. The highest BCUT2D eigenvalue weighted by atomic mass is 79.9. The Morgan fingerprint density at radius 2 is 2.43 bits per heavy atom. The molecule has 0 aromatic carbocycles. The van der Waals surface area contributed by atoms with Gasteiger partial charge in [-0.3, -0.25) is 4.79 Å². The summed E-state index contributed by atoms with van der Waals surface area (Å²) in [6.45, 7) is 1.88. The number of carbonyl (C=O) groups is 1. The van der Waals surface area contributed by atoms with Crippen molar-refractivity contribution in [1.29, 1.82) is 0 Å². The maximum Gasteiger partial charge on any atom is 0.226 e. The Morgan fingerprint density at radius 1 is 1.71 bits per heavy atom. The van der Waals surface area contributed by atoms with Crippen LogP contribution in [0.1, 0.15) is 12.0 Å². The van der Waals surface area contributed by atoms with E-state index in [0.717, 1.165) is 10.0 Å². The van der Waals surface area contributed by atoms with Gasteiger partial charge in [-0.25, -0.2) is 4.98 Å². The molecule has 1 aromatic heterocycles. The van der Waals surface area contributed by atoms with Gasteiger partial charge in [0, 0.05) is 23.0 Å². The summed E-state index contributed by atoms with van der Waals surface area (Å²) in [6, 6.07) is 1.89. The van der Waals surface area contributed by atoms with E-state index in [9.17, 15) is 4.79 Å². The summed E-state index contributed by atoms with van der Waals surface area (Å²) in [5.74, 6) is 0.794. The van der Waals surface area contributed by atoms with Crippen LogP contribution in [0.5, 0.6) is 0 Å². The number of amides is 1. The second kappa shape index (κ2) is 5.32. The lowest BCUT2D eigenvalue weighted by Gasteiger charge is -2.06. The van der Waals surface area contributed by atoms with Crippen molar-refractivity contribution in [1.82, 2.24) is 4.98 Å². The first kappa shape index (κ1) is 11.5. The lowest BCUT2D eigenvalue weighted by atomic mass is 10.3. The van der Waals surface area contributed by atoms with E-state index >= 15 is 0 Å². The molecule has 0 unspecified atom stereocenters. The van der Waals surface area contributed by atoms with Gasteiger partial charge in [0.1, 0.15) is 5.82 Å². The van der Waals surface area contributed by atoms with Crippen LogP contribution in [0, 0.1) is 6.92 Å². The van der Waals surface area contributed by atoms with Crippen LogP contribution < -0.4 is 5.32 Å². The molecule has 0 atom stereocenters. The maximum absolute atomic E-state index is 11.2. The van der Waals surface area contributed by atoms with Crippen LogP contribution in [0.4, 0.5) is 5.82 Å². The SMILES string of the molecule is Cc1cc(Br)cnc1NC(=O)CCCl. The predicted octanol–water partition coefficient (Wildman–Crippen LogP) is 2.72. The number of nitrogens with zero attached hydrogens (tertiary/aromatic N) is 1. The van der Waals surface area contributed by atoms with Crippen molar-refractivity contribution in [3.8, 4) is 0 Å². The minimum atomic E-state index is -0.113. The van der Waals surface area contributed by atoms with Crippen molar-refractivity contribution in [2.45, 2.75) is 13.3 Å². The number of pyridine rings is 1. The van der Waals surface area contributed by atoms with Crippen LogP contribution >= 0.6 is 27.5 Å². The van der Waals surface area contributed by atoms with E-state index in [0.29, 0.717) is 18.1 Å². The number of aromatic nitrogens is 1. The number of hydrogen-bond donors (Lipinski definition) is 1. The van der Waals surface area contributed by atoms with E-state index in [4.69, 9.17) is 11.6 Å². The van der Waals surface area contributed by atoms with E-state index in [1.807, 2.05) is 13.0 Å². The fraction of sp³-hybridized carbons (Fsp3) is 0.333. The van der Waals surface area contributed by atoms with E-state index in [2.05, 4.69) is 26.2 Å². The van der Waals surface area contributed by atoms with Gasteiger partial charge in [-0.05, 0) is 34.5 Å². The zero-order chi connectivity index (χ0) is 10.6. The zero-order valence-electron chi connectivity index (χ0n) is 7.68. The molecule has 1 rings (SSSR count). The molecular weight excluding hydrogens is 267 g/mol. The molecule has 0 bridgehead atoms. The second-order valence-corrected chi connectivity index (χ2v) is 4.10. The average molecular weight is 278 g/mol. The molecule has 1 heterocycles. The Hall–Kier alpha value is -0.610. The number of hydrogen-bond acceptors (Lipinski definition) is 2. The summed E-state index contributed by atoms with van der Waals surface area (Å²) in [5.41, 5.74) is 0.919. The van der Waals surface area contributed by atoms with Gasteiger partial charge >= 0.3 is 0 Å². The first-order valence-electron chi connectivity index (χ1n) is 4.11. The summed E-state index contributed by atoms with van der Waals surface area (Å²) < 4.78 is 0.894. The number of halogens is 2. The lowest BCUT2D eigenvalue weighted by Crippen LogP contribution is -2.13. The number of carbonyl (C=O) groups excluding carboxylic acids is 1. The van der Waals surface area contributed by atoms with Crippen molar-refractivity contribution in [2.24, 2.45) is 0 Å². The number of alkyl halides is 1. The molecule has 0 saturated heterocycles. The quantitative estimate of drug-likeness (QED) is 0.863. The third-order valence-electron chi connectivity index (χ3n) is 1.62. The molecule has 0 aliphatic rings. The second-order valence-electron chi connectivity index (χ2n) is 2.81. The summed E-state index contributed by atoms with van der Waals surface area (Å²) in [7, 11) is 0. The molecule has 5 heteroatoms. The normalized spacial score (nSPS) is 9.93. The molecule has 0 aliphatic carbocycles. The number of nitrogens with one attached hydrogen (secondary N) is 1. The lowest BCUT2D eigenvalue weighted by molar-refractivity contribution is -0.115. The van der Waals surface area contributed by atoms with Crippen molar-refractivity contribution in [3.05, 3.63) is 22.3 Å². The van der Waals surface area contributed by atoms with Crippen LogP contribution in [-0.2, 0) is 4.79 Å². The van der Waals surface area contributed by atoms with Gasteiger partial charge in [0.05, 0.1) is 0 Å². The van der Waals surface area contributed by atoms with Crippen LogP contribution in [-0.4, -0.2) is 16.8 Å². The minimum Gasteiger partial charge on any atom is -0.310 e. The molecule has 0 fully saturated rings. The molecule has 1 aromatic rings. The van der Waals surface area contributed by atoms with Crippen molar-refractivity contribution in [3.63, 3.8) is 0 Å². The summed E-state index contributed by atoms with van der Waals surface area (Å²) >= 11 is 8.74. The summed E-state index contributed by atoms with van der Waals surface area (Å²) in [4.78, 5) is 15.3. The van der Waals surface area contributed by atoms with Crippen molar-refractivity contribution < 1.29 is 4.79 Å². The van der Waals surface area contributed by atoms with Crippen molar-refractivity contribution >= 4 is 39.3 Å². The van der Waals surface area contributed by atoms with E-state index < -0.39 is 0 Å². The maximum atomic E-state index is 11.2. The van der Waals surface area contributed by atoms with Crippen LogP contribution in [0.3, 0.4) is 0 Å². The van der Waals surface area contributed by atoms with E-state index in [1.54, 1.807) is 6.20 Å². The van der Waals surface area contributed by atoms with E-state index in [-0.39, 0.29) is 5.91 Å². The topological polar surface area (TPSA) is 42.0 Å².